The van der Waals surface area contributed by atoms with Gasteiger partial charge in [-0.3, -0.25) is 5.32 Å². The Morgan fingerprint density at radius 2 is 1.48 bits per heavy atom. The number of anilines is 1. The van der Waals surface area contributed by atoms with Gasteiger partial charge in [0.15, 0.2) is 0 Å². The summed E-state index contributed by atoms with van der Waals surface area (Å²) in [6.07, 6.45) is -0.543. The van der Waals surface area contributed by atoms with E-state index in [0.717, 1.165) is 11.1 Å². The number of nitrogens with one attached hydrogen (secondary N) is 1. The van der Waals surface area contributed by atoms with Gasteiger partial charge >= 0.3 is 12.1 Å². The molecule has 2 rings (SSSR count). The lowest BCUT2D eigenvalue weighted by Gasteiger charge is -2.19. The molecule has 0 fully saturated rings. The minimum absolute atomic E-state index is 0.397. The van der Waals surface area contributed by atoms with E-state index in [4.69, 9.17) is 9.47 Å². The Labute approximate surface area is 148 Å². The Bertz CT molecular complexity index is 753. The second-order valence-corrected chi connectivity index (χ2v) is 6.92. The molecule has 0 aliphatic rings. The lowest BCUT2D eigenvalue weighted by Crippen LogP contribution is -2.27. The van der Waals surface area contributed by atoms with Crippen LogP contribution in [-0.2, 0) is 4.74 Å². The molecular weight excluding hydrogens is 318 g/mol. The highest BCUT2D eigenvalue weighted by Gasteiger charge is 2.16. The highest BCUT2D eigenvalue weighted by Crippen LogP contribution is 2.19. The summed E-state index contributed by atoms with van der Waals surface area (Å²) < 4.78 is 10.6. The molecule has 1 amide bonds. The van der Waals surface area contributed by atoms with Gasteiger partial charge in [0.2, 0.25) is 0 Å². The monoisotopic (exact) mass is 341 g/mol. The molecule has 0 heterocycles. The van der Waals surface area contributed by atoms with E-state index in [1.807, 2.05) is 32.0 Å². The number of hydrogen-bond donors (Lipinski definition) is 1. The minimum Gasteiger partial charge on any atom is -0.444 e. The molecule has 0 spiro atoms. The van der Waals surface area contributed by atoms with E-state index >= 15 is 0 Å². The first-order chi connectivity index (χ1) is 11.6. The van der Waals surface area contributed by atoms with Gasteiger partial charge in [0, 0.05) is 5.69 Å². The van der Waals surface area contributed by atoms with E-state index in [1.165, 1.54) is 0 Å². The van der Waals surface area contributed by atoms with Gasteiger partial charge in [-0.05, 0) is 82.1 Å². The van der Waals surface area contributed by atoms with Gasteiger partial charge in [0.25, 0.3) is 0 Å². The predicted octanol–water partition coefficient (Wildman–Crippen LogP) is 4.87. The summed E-state index contributed by atoms with van der Waals surface area (Å²) in [5, 5.41) is 2.62. The summed E-state index contributed by atoms with van der Waals surface area (Å²) in [5.41, 5.74) is 2.42. The summed E-state index contributed by atoms with van der Waals surface area (Å²) in [7, 11) is 0. The van der Waals surface area contributed by atoms with E-state index in [9.17, 15) is 9.59 Å². The van der Waals surface area contributed by atoms with Crippen LogP contribution in [0.1, 0.15) is 42.3 Å². The van der Waals surface area contributed by atoms with Crippen LogP contribution < -0.4 is 10.1 Å². The Kier molecular flexibility index (Phi) is 5.47. The number of hydrogen-bond acceptors (Lipinski definition) is 4. The predicted molar refractivity (Wildman–Crippen MR) is 97.2 cm³/mol. The maximum atomic E-state index is 12.2. The maximum absolute atomic E-state index is 12.2. The lowest BCUT2D eigenvalue weighted by molar-refractivity contribution is 0.0635. The van der Waals surface area contributed by atoms with Gasteiger partial charge in [-0.2, -0.15) is 0 Å². The van der Waals surface area contributed by atoms with Gasteiger partial charge in [-0.1, -0.05) is 6.07 Å². The highest BCUT2D eigenvalue weighted by atomic mass is 16.6. The number of ether oxygens (including phenoxy) is 2. The van der Waals surface area contributed by atoms with Crippen LogP contribution in [0.5, 0.6) is 5.75 Å². The number of aryl methyl sites for hydroxylation is 2. The average Bonchev–Trinajstić information content (AvgIpc) is 2.44. The van der Waals surface area contributed by atoms with Crippen molar-refractivity contribution in [1.82, 2.24) is 0 Å². The molecule has 2 aromatic carbocycles. The number of esters is 1. The summed E-state index contributed by atoms with van der Waals surface area (Å²) in [4.78, 5) is 24.0. The van der Waals surface area contributed by atoms with Crippen molar-refractivity contribution in [3.8, 4) is 5.75 Å². The Balaban J connectivity index is 2.01. The van der Waals surface area contributed by atoms with Crippen LogP contribution in [-0.4, -0.2) is 17.7 Å². The Morgan fingerprint density at radius 3 is 2.00 bits per heavy atom. The zero-order valence-electron chi connectivity index (χ0n) is 15.2. The fraction of sp³-hybridized carbons (Fsp3) is 0.300. The smallest absolute Gasteiger partial charge is 0.412 e. The molecule has 0 unspecified atom stereocenters. The highest BCUT2D eigenvalue weighted by molar-refractivity contribution is 5.92. The van der Waals surface area contributed by atoms with Crippen molar-refractivity contribution in [3.63, 3.8) is 0 Å². The normalized spacial score (nSPS) is 10.9. The van der Waals surface area contributed by atoms with Crippen LogP contribution in [0.4, 0.5) is 10.5 Å². The molecule has 132 valence electrons. The third kappa shape index (κ3) is 5.95. The van der Waals surface area contributed by atoms with Crippen LogP contribution in [0.25, 0.3) is 0 Å². The fourth-order valence-corrected chi connectivity index (χ4v) is 2.27. The van der Waals surface area contributed by atoms with Gasteiger partial charge in [0.05, 0.1) is 5.56 Å². The molecule has 0 aliphatic heterocycles. The van der Waals surface area contributed by atoms with E-state index in [0.29, 0.717) is 17.0 Å². The summed E-state index contributed by atoms with van der Waals surface area (Å²) in [6, 6.07) is 12.1. The third-order valence-corrected chi connectivity index (χ3v) is 3.17. The molecular formula is C20H23NO4. The molecule has 0 saturated carbocycles. The van der Waals surface area contributed by atoms with Crippen LogP contribution in [0.3, 0.4) is 0 Å². The van der Waals surface area contributed by atoms with Gasteiger partial charge < -0.3 is 9.47 Å². The van der Waals surface area contributed by atoms with Crippen molar-refractivity contribution >= 4 is 17.7 Å². The second-order valence-electron chi connectivity index (χ2n) is 6.92. The van der Waals surface area contributed by atoms with Crippen LogP contribution in [0.15, 0.2) is 42.5 Å². The number of carbonyl (C=O) groups is 2. The molecule has 0 saturated heterocycles. The molecule has 0 aliphatic carbocycles. The molecule has 0 aromatic heterocycles. The van der Waals surface area contributed by atoms with E-state index < -0.39 is 17.7 Å². The van der Waals surface area contributed by atoms with E-state index in [-0.39, 0.29) is 0 Å². The molecule has 25 heavy (non-hydrogen) atoms. The SMILES string of the molecule is Cc1cc(C)cc(OC(=O)c2ccc(NC(=O)OC(C)(C)C)cc2)c1. The first-order valence-electron chi connectivity index (χ1n) is 8.03. The Morgan fingerprint density at radius 1 is 0.920 bits per heavy atom. The minimum atomic E-state index is -0.570. The Hall–Kier alpha value is -2.82. The number of benzene rings is 2. The van der Waals surface area contributed by atoms with Crippen LogP contribution in [0.2, 0.25) is 0 Å². The van der Waals surface area contributed by atoms with Gasteiger partial charge in [-0.15, -0.1) is 0 Å². The quantitative estimate of drug-likeness (QED) is 0.639. The average molecular weight is 341 g/mol. The first-order valence-corrected chi connectivity index (χ1v) is 8.03. The largest absolute Gasteiger partial charge is 0.444 e. The zero-order valence-corrected chi connectivity index (χ0v) is 15.2. The van der Waals surface area contributed by atoms with Crippen LogP contribution in [0, 0.1) is 13.8 Å². The number of amides is 1. The topological polar surface area (TPSA) is 64.6 Å². The van der Waals surface area contributed by atoms with E-state index in [1.54, 1.807) is 45.0 Å². The summed E-state index contributed by atoms with van der Waals surface area (Å²) in [6.45, 7) is 9.26. The van der Waals surface area contributed by atoms with Crippen molar-refractivity contribution in [2.45, 2.75) is 40.2 Å². The lowest BCUT2D eigenvalue weighted by atomic mass is 10.1. The zero-order chi connectivity index (χ0) is 18.6. The molecule has 0 bridgehead atoms. The summed E-state index contributed by atoms with van der Waals surface area (Å²) >= 11 is 0. The first kappa shape index (κ1) is 18.5. The van der Waals surface area contributed by atoms with Crippen molar-refractivity contribution in [1.29, 1.82) is 0 Å². The van der Waals surface area contributed by atoms with Crippen molar-refractivity contribution in [2.75, 3.05) is 5.32 Å². The van der Waals surface area contributed by atoms with Crippen LogP contribution >= 0.6 is 0 Å². The molecule has 1 N–H and O–H groups in total. The molecule has 5 nitrogen and oxygen atoms in total. The van der Waals surface area contributed by atoms with Crippen molar-refractivity contribution in [2.24, 2.45) is 0 Å². The third-order valence-electron chi connectivity index (χ3n) is 3.17. The number of carbonyl (C=O) groups excluding carboxylic acids is 2. The second kappa shape index (κ2) is 7.38. The maximum Gasteiger partial charge on any atom is 0.412 e. The molecule has 0 radical (unpaired) electrons. The molecule has 0 atom stereocenters. The number of rotatable bonds is 3. The fourth-order valence-electron chi connectivity index (χ4n) is 2.27. The molecule has 2 aromatic rings. The standard InChI is InChI=1S/C20H23NO4/c1-13-10-14(2)12-17(11-13)24-18(22)15-6-8-16(9-7-15)21-19(23)25-20(3,4)5/h6-12H,1-5H3,(H,21,23). The van der Waals surface area contributed by atoms with Gasteiger partial charge in [-0.25, -0.2) is 9.59 Å². The summed E-state index contributed by atoms with van der Waals surface area (Å²) in [5.74, 6) is 0.0623. The molecule has 5 heteroatoms. The van der Waals surface area contributed by atoms with Crippen molar-refractivity contribution in [3.05, 3.63) is 59.2 Å². The van der Waals surface area contributed by atoms with Crippen molar-refractivity contribution < 1.29 is 19.1 Å². The van der Waals surface area contributed by atoms with Gasteiger partial charge in [0.1, 0.15) is 11.4 Å². The van der Waals surface area contributed by atoms with E-state index in [2.05, 4.69) is 5.32 Å².